The van der Waals surface area contributed by atoms with E-state index in [0.29, 0.717) is 22.6 Å². The third-order valence-corrected chi connectivity index (χ3v) is 4.27. The summed E-state index contributed by atoms with van der Waals surface area (Å²) in [5.41, 5.74) is 0.933. The zero-order chi connectivity index (χ0) is 14.0. The Morgan fingerprint density at radius 3 is 2.79 bits per heavy atom. The third-order valence-electron chi connectivity index (χ3n) is 3.42. The number of carbonyl (C=O) groups is 1. The van der Waals surface area contributed by atoms with Crippen LogP contribution in [0.1, 0.15) is 25.3 Å². The number of nitrogens with one attached hydrogen (secondary N) is 1. The van der Waals surface area contributed by atoms with Crippen LogP contribution in [0.25, 0.3) is 0 Å². The molecule has 1 aromatic rings. The van der Waals surface area contributed by atoms with Crippen LogP contribution in [0, 0.1) is 0 Å². The van der Waals surface area contributed by atoms with Crippen molar-refractivity contribution >= 4 is 29.1 Å². The summed E-state index contributed by atoms with van der Waals surface area (Å²) in [5, 5.41) is 4.11. The van der Waals surface area contributed by atoms with Gasteiger partial charge in [-0.3, -0.25) is 9.69 Å². The summed E-state index contributed by atoms with van der Waals surface area (Å²) in [6.45, 7) is 2.49. The lowest BCUT2D eigenvalue weighted by Crippen LogP contribution is -2.43. The van der Waals surface area contributed by atoms with Gasteiger partial charge in [-0.15, -0.1) is 0 Å². The maximum absolute atomic E-state index is 12.0. The molecule has 104 valence electrons. The maximum atomic E-state index is 12.0. The maximum Gasteiger partial charge on any atom is 0.237 e. The Labute approximate surface area is 123 Å². The summed E-state index contributed by atoms with van der Waals surface area (Å²) in [4.78, 5) is 13.9. The van der Waals surface area contributed by atoms with Gasteiger partial charge in [0.25, 0.3) is 0 Å². The van der Waals surface area contributed by atoms with Crippen LogP contribution in [0.5, 0.6) is 0 Å². The number of likely N-dealkylation sites (N-methyl/N-ethyl adjacent to an activating group) is 1. The van der Waals surface area contributed by atoms with Crippen LogP contribution in [-0.4, -0.2) is 29.9 Å². The fourth-order valence-electron chi connectivity index (χ4n) is 1.83. The van der Waals surface area contributed by atoms with E-state index in [1.54, 1.807) is 6.07 Å². The molecule has 0 aromatic heterocycles. The minimum absolute atomic E-state index is 0.0724. The quantitative estimate of drug-likeness (QED) is 0.906. The van der Waals surface area contributed by atoms with E-state index in [9.17, 15) is 4.79 Å². The standard InChI is InChI=1S/C14H18Cl2N2O/c1-9(14(19)17-11-6-7-11)18(2)8-10-4-3-5-12(15)13(10)16/h3-5,9,11H,6-8H2,1-2H3,(H,17,19)/t9-/m0/s1. The number of halogens is 2. The molecule has 0 heterocycles. The van der Waals surface area contributed by atoms with Crippen LogP contribution in [0.15, 0.2) is 18.2 Å². The smallest absolute Gasteiger partial charge is 0.237 e. The van der Waals surface area contributed by atoms with Gasteiger partial charge in [0.1, 0.15) is 0 Å². The van der Waals surface area contributed by atoms with E-state index in [-0.39, 0.29) is 11.9 Å². The zero-order valence-electron chi connectivity index (χ0n) is 11.1. The number of rotatable bonds is 5. The number of carbonyl (C=O) groups excluding carboxylic acids is 1. The van der Waals surface area contributed by atoms with Gasteiger partial charge in [0.15, 0.2) is 0 Å². The van der Waals surface area contributed by atoms with Crippen molar-refractivity contribution in [3.05, 3.63) is 33.8 Å². The van der Waals surface area contributed by atoms with Crippen LogP contribution in [0.4, 0.5) is 0 Å². The lowest BCUT2D eigenvalue weighted by Gasteiger charge is -2.24. The highest BCUT2D eigenvalue weighted by atomic mass is 35.5. The summed E-state index contributed by atoms with van der Waals surface area (Å²) in [7, 11) is 1.91. The van der Waals surface area contributed by atoms with Gasteiger partial charge >= 0.3 is 0 Å². The van der Waals surface area contributed by atoms with Gasteiger partial charge in [0.05, 0.1) is 16.1 Å². The van der Waals surface area contributed by atoms with E-state index >= 15 is 0 Å². The van der Waals surface area contributed by atoms with Crippen molar-refractivity contribution in [3.63, 3.8) is 0 Å². The molecule has 1 saturated carbocycles. The number of hydrogen-bond acceptors (Lipinski definition) is 2. The van der Waals surface area contributed by atoms with Crippen molar-refractivity contribution in [3.8, 4) is 0 Å². The SMILES string of the molecule is C[C@@H](C(=O)NC1CC1)N(C)Cc1cccc(Cl)c1Cl. The first-order chi connectivity index (χ1) is 8.99. The summed E-state index contributed by atoms with van der Waals surface area (Å²) in [6, 6.07) is 5.76. The molecule has 2 rings (SSSR count). The molecule has 1 amide bonds. The molecule has 1 aliphatic carbocycles. The molecule has 0 radical (unpaired) electrons. The topological polar surface area (TPSA) is 32.3 Å². The molecular formula is C14H18Cl2N2O. The molecule has 3 nitrogen and oxygen atoms in total. The third kappa shape index (κ3) is 3.85. The van der Waals surface area contributed by atoms with E-state index in [1.165, 1.54) is 0 Å². The molecular weight excluding hydrogens is 283 g/mol. The van der Waals surface area contributed by atoms with Crippen molar-refractivity contribution in [2.24, 2.45) is 0 Å². The first-order valence-corrected chi connectivity index (χ1v) is 7.18. The largest absolute Gasteiger partial charge is 0.352 e. The van der Waals surface area contributed by atoms with Crippen LogP contribution >= 0.6 is 23.2 Å². The predicted octanol–water partition coefficient (Wildman–Crippen LogP) is 3.09. The highest BCUT2D eigenvalue weighted by molar-refractivity contribution is 6.42. The van der Waals surface area contributed by atoms with Gasteiger partial charge in [0.2, 0.25) is 5.91 Å². The second kappa shape index (κ2) is 6.12. The van der Waals surface area contributed by atoms with E-state index in [2.05, 4.69) is 5.32 Å². The Bertz CT molecular complexity index is 475. The molecule has 1 N–H and O–H groups in total. The van der Waals surface area contributed by atoms with Crippen LogP contribution in [0.3, 0.4) is 0 Å². The average Bonchev–Trinajstić information content (AvgIpc) is 3.17. The summed E-state index contributed by atoms with van der Waals surface area (Å²) in [6.07, 6.45) is 2.20. The lowest BCUT2D eigenvalue weighted by molar-refractivity contribution is -0.125. The summed E-state index contributed by atoms with van der Waals surface area (Å²) < 4.78 is 0. The van der Waals surface area contributed by atoms with Gasteiger partial charge in [-0.05, 0) is 38.4 Å². The minimum atomic E-state index is -0.185. The van der Waals surface area contributed by atoms with E-state index < -0.39 is 0 Å². The Kier molecular flexibility index (Phi) is 4.71. The molecule has 0 spiro atoms. The fourth-order valence-corrected chi connectivity index (χ4v) is 2.21. The molecule has 19 heavy (non-hydrogen) atoms. The van der Waals surface area contributed by atoms with Crippen LogP contribution < -0.4 is 5.32 Å². The van der Waals surface area contributed by atoms with Gasteiger partial charge in [0, 0.05) is 12.6 Å². The number of amides is 1. The molecule has 0 unspecified atom stereocenters. The Balaban J connectivity index is 1.97. The number of nitrogens with zero attached hydrogens (tertiary/aromatic N) is 1. The highest BCUT2D eigenvalue weighted by Crippen LogP contribution is 2.26. The summed E-state index contributed by atoms with van der Waals surface area (Å²) >= 11 is 12.1. The second-order valence-corrected chi connectivity index (χ2v) is 5.87. The Morgan fingerprint density at radius 1 is 1.47 bits per heavy atom. The van der Waals surface area contributed by atoms with Crippen molar-refractivity contribution in [1.29, 1.82) is 0 Å². The van der Waals surface area contributed by atoms with E-state index in [0.717, 1.165) is 18.4 Å². The minimum Gasteiger partial charge on any atom is -0.352 e. The molecule has 1 aromatic carbocycles. The zero-order valence-corrected chi connectivity index (χ0v) is 12.6. The first-order valence-electron chi connectivity index (χ1n) is 6.42. The van der Waals surface area contributed by atoms with E-state index in [4.69, 9.17) is 23.2 Å². The Morgan fingerprint density at radius 2 is 2.16 bits per heavy atom. The van der Waals surface area contributed by atoms with Gasteiger partial charge in [-0.2, -0.15) is 0 Å². The van der Waals surface area contributed by atoms with Crippen molar-refractivity contribution in [1.82, 2.24) is 10.2 Å². The molecule has 1 atom stereocenters. The van der Waals surface area contributed by atoms with Gasteiger partial charge < -0.3 is 5.32 Å². The molecule has 0 saturated heterocycles. The normalized spacial score (nSPS) is 16.5. The average molecular weight is 301 g/mol. The van der Waals surface area contributed by atoms with Gasteiger partial charge in [-0.25, -0.2) is 0 Å². The van der Waals surface area contributed by atoms with Gasteiger partial charge in [-0.1, -0.05) is 35.3 Å². The van der Waals surface area contributed by atoms with Crippen molar-refractivity contribution in [2.75, 3.05) is 7.05 Å². The fraction of sp³-hybridized carbons (Fsp3) is 0.500. The first kappa shape index (κ1) is 14.6. The molecule has 0 aliphatic heterocycles. The predicted molar refractivity (Wildman–Crippen MR) is 78.6 cm³/mol. The highest BCUT2D eigenvalue weighted by Gasteiger charge is 2.27. The summed E-state index contributed by atoms with van der Waals surface area (Å²) in [5.74, 6) is 0.0724. The molecule has 1 fully saturated rings. The van der Waals surface area contributed by atoms with E-state index in [1.807, 2.05) is 31.0 Å². The molecule has 0 bridgehead atoms. The van der Waals surface area contributed by atoms with Crippen LogP contribution in [0.2, 0.25) is 10.0 Å². The van der Waals surface area contributed by atoms with Crippen molar-refractivity contribution < 1.29 is 4.79 Å². The van der Waals surface area contributed by atoms with Crippen LogP contribution in [-0.2, 0) is 11.3 Å². The monoisotopic (exact) mass is 300 g/mol. The number of hydrogen-bond donors (Lipinski definition) is 1. The lowest BCUT2D eigenvalue weighted by atomic mass is 10.2. The number of benzene rings is 1. The second-order valence-electron chi connectivity index (χ2n) is 5.09. The Hall–Kier alpha value is -0.770. The van der Waals surface area contributed by atoms with Crippen molar-refractivity contribution in [2.45, 2.75) is 38.4 Å². The molecule has 5 heteroatoms. The molecule has 1 aliphatic rings.